The number of phosphoric ester groups is 1. The third-order valence-electron chi connectivity index (χ3n) is 7.57. The zero-order chi connectivity index (χ0) is 30.3. The molecular weight excluding hydrogens is 565 g/mol. The maximum Gasteiger partial charge on any atom is 0.472 e. The summed E-state index contributed by atoms with van der Waals surface area (Å²) in [6.07, 6.45) is 10.5. The molecular formula is C28H55F2O10P. The van der Waals surface area contributed by atoms with E-state index in [0.717, 1.165) is 19.3 Å². The molecule has 13 heteroatoms. The van der Waals surface area contributed by atoms with Gasteiger partial charge in [0.2, 0.25) is 0 Å². The van der Waals surface area contributed by atoms with E-state index in [2.05, 4.69) is 16.8 Å². The smallest absolute Gasteiger partial charge is 0.390 e. The van der Waals surface area contributed by atoms with Crippen LogP contribution in [0, 0.1) is 0 Å². The van der Waals surface area contributed by atoms with Gasteiger partial charge in [0.15, 0.2) is 6.10 Å². The molecule has 1 rings (SSSR count). The molecule has 1 aliphatic carbocycles. The minimum Gasteiger partial charge on any atom is -0.390 e. The van der Waals surface area contributed by atoms with Crippen molar-refractivity contribution >= 4 is 7.82 Å². The van der Waals surface area contributed by atoms with E-state index >= 15 is 0 Å². The number of aliphatic hydroxyl groups excluding tert-OH is 2. The van der Waals surface area contributed by atoms with Crippen molar-refractivity contribution in [2.45, 2.75) is 153 Å². The molecule has 0 spiro atoms. The number of halogens is 2. The van der Waals surface area contributed by atoms with Crippen LogP contribution in [0.25, 0.3) is 0 Å². The summed E-state index contributed by atoms with van der Waals surface area (Å²) in [5.41, 5.74) is 0. The summed E-state index contributed by atoms with van der Waals surface area (Å²) in [5, 5.41) is 20.1. The zero-order valence-electron chi connectivity index (χ0n) is 25.0. The van der Waals surface area contributed by atoms with Crippen LogP contribution in [0.2, 0.25) is 0 Å². The molecule has 10 nitrogen and oxygen atoms in total. The number of aliphatic hydroxyl groups is 2. The van der Waals surface area contributed by atoms with E-state index in [9.17, 15) is 28.7 Å². The second-order valence-electron chi connectivity index (χ2n) is 11.0. The van der Waals surface area contributed by atoms with Crippen molar-refractivity contribution < 1.29 is 57.1 Å². The Morgan fingerprint density at radius 2 is 1.29 bits per heavy atom. The van der Waals surface area contributed by atoms with Gasteiger partial charge in [0, 0.05) is 20.1 Å². The van der Waals surface area contributed by atoms with Gasteiger partial charge >= 0.3 is 7.82 Å². The van der Waals surface area contributed by atoms with Crippen LogP contribution < -0.4 is 0 Å². The van der Waals surface area contributed by atoms with Gasteiger partial charge in [-0.2, -0.15) is 9.88 Å². The molecule has 1 fully saturated rings. The van der Waals surface area contributed by atoms with E-state index in [0.29, 0.717) is 6.61 Å². The van der Waals surface area contributed by atoms with E-state index in [1.165, 1.54) is 90.6 Å². The minimum absolute atomic E-state index is 0.122. The summed E-state index contributed by atoms with van der Waals surface area (Å²) >= 11 is 0. The van der Waals surface area contributed by atoms with Crippen molar-refractivity contribution in [1.82, 2.24) is 0 Å². The maximum atomic E-state index is 12.7. The van der Waals surface area contributed by atoms with Gasteiger partial charge in [0.1, 0.15) is 24.4 Å². The Kier molecular flexibility index (Phi) is 22.8. The maximum absolute atomic E-state index is 12.7. The van der Waals surface area contributed by atoms with Gasteiger partial charge in [-0.25, -0.2) is 4.57 Å². The molecule has 1 saturated carbocycles. The van der Waals surface area contributed by atoms with Crippen molar-refractivity contribution in [1.29, 1.82) is 0 Å². The molecule has 0 aromatic carbocycles. The number of rotatable bonds is 27. The highest BCUT2D eigenvalue weighted by molar-refractivity contribution is 7.47. The first-order valence-electron chi connectivity index (χ1n) is 15.5. The Bertz CT molecular complexity index is 665. The highest BCUT2D eigenvalue weighted by Crippen LogP contribution is 2.47. The molecule has 0 aromatic heterocycles. The summed E-state index contributed by atoms with van der Waals surface area (Å²) in [6, 6.07) is 0. The number of hydrogen-bond donors (Lipinski definition) is 3. The Morgan fingerprint density at radius 1 is 0.780 bits per heavy atom. The summed E-state index contributed by atoms with van der Waals surface area (Å²) < 4.78 is 58.1. The highest BCUT2D eigenvalue weighted by atomic mass is 31.2. The third-order valence-corrected chi connectivity index (χ3v) is 8.55. The van der Waals surface area contributed by atoms with Gasteiger partial charge in [-0.15, -0.1) is 0 Å². The van der Waals surface area contributed by atoms with E-state index in [-0.39, 0.29) is 13.2 Å². The standard InChI is InChI=1S/C28H55F2O10P/c1-3-4-5-6-7-8-9-10-11-12-13-14-15-16-17-18-19-36-21-23(35-2)22-37-41(33,34)40-27-24(31)20-25(38-29)28(39-30)26(27)32/h23-28,31-32H,3-22H2,1-2H3,(H,33,34)/t23-,24-,25?,26?,27-,28+/m1/s1. The van der Waals surface area contributed by atoms with Crippen LogP contribution in [0.5, 0.6) is 0 Å². The molecule has 246 valence electrons. The lowest BCUT2D eigenvalue weighted by atomic mass is 9.87. The average Bonchev–Trinajstić information content (AvgIpc) is 2.95. The predicted octanol–water partition coefficient (Wildman–Crippen LogP) is 6.45. The molecule has 0 radical (unpaired) electrons. The van der Waals surface area contributed by atoms with E-state index in [1.54, 1.807) is 0 Å². The Balaban J connectivity index is 2.07. The Hall–Kier alpha value is -0.270. The fourth-order valence-corrected chi connectivity index (χ4v) is 5.97. The van der Waals surface area contributed by atoms with Gasteiger partial charge in [-0.1, -0.05) is 103 Å². The molecule has 0 bridgehead atoms. The summed E-state index contributed by atoms with van der Waals surface area (Å²) in [5.74, 6) is 0. The molecule has 41 heavy (non-hydrogen) atoms. The monoisotopic (exact) mass is 620 g/mol. The molecule has 3 unspecified atom stereocenters. The Morgan fingerprint density at radius 3 is 1.76 bits per heavy atom. The van der Waals surface area contributed by atoms with E-state index in [1.807, 2.05) is 0 Å². The number of phosphoric acid groups is 1. The van der Waals surface area contributed by atoms with Crippen LogP contribution in [0.15, 0.2) is 0 Å². The normalized spacial score (nSPS) is 25.3. The van der Waals surface area contributed by atoms with Crippen LogP contribution in [0.4, 0.5) is 9.05 Å². The zero-order valence-corrected chi connectivity index (χ0v) is 25.9. The molecule has 0 saturated heterocycles. The lowest BCUT2D eigenvalue weighted by Crippen LogP contribution is -2.57. The average molecular weight is 621 g/mol. The minimum atomic E-state index is -4.81. The van der Waals surface area contributed by atoms with Gasteiger partial charge in [-0.3, -0.25) is 9.05 Å². The van der Waals surface area contributed by atoms with Crippen molar-refractivity contribution in [3.05, 3.63) is 0 Å². The second-order valence-corrected chi connectivity index (χ2v) is 12.5. The van der Waals surface area contributed by atoms with Gasteiger partial charge in [0.25, 0.3) is 0 Å². The van der Waals surface area contributed by atoms with Gasteiger partial charge in [0.05, 0.1) is 19.3 Å². The summed E-state index contributed by atoms with van der Waals surface area (Å²) in [4.78, 5) is 17.0. The van der Waals surface area contributed by atoms with Crippen LogP contribution in [0.3, 0.4) is 0 Å². The molecule has 1 aliphatic rings. The third kappa shape index (κ3) is 17.6. The van der Waals surface area contributed by atoms with Crippen molar-refractivity contribution in [2.75, 3.05) is 26.9 Å². The first kappa shape index (κ1) is 38.8. The van der Waals surface area contributed by atoms with Crippen LogP contribution >= 0.6 is 7.82 Å². The number of ether oxygens (including phenoxy) is 2. The first-order valence-corrected chi connectivity index (χ1v) is 17.0. The highest BCUT2D eigenvalue weighted by Gasteiger charge is 2.50. The molecule has 0 amide bonds. The summed E-state index contributed by atoms with van der Waals surface area (Å²) in [7, 11) is -3.42. The molecule has 0 aromatic rings. The lowest BCUT2D eigenvalue weighted by Gasteiger charge is -2.38. The SMILES string of the molecule is CCCCCCCCCCCCCCCCCCOC[C@H](COP(=O)(O)O[C@H]1C(O)[C@@H](OF)C(OF)C[C@H]1O)OC. The van der Waals surface area contributed by atoms with Crippen LogP contribution in [-0.4, -0.2) is 78.7 Å². The quantitative estimate of drug-likeness (QED) is 0.0695. The molecule has 7 atom stereocenters. The second kappa shape index (κ2) is 24.1. The van der Waals surface area contributed by atoms with E-state index < -0.39 is 50.9 Å². The lowest BCUT2D eigenvalue weighted by molar-refractivity contribution is -0.317. The summed E-state index contributed by atoms with van der Waals surface area (Å²) in [6.45, 7) is 2.52. The predicted molar refractivity (Wildman–Crippen MR) is 150 cm³/mol. The number of unbranched alkanes of at least 4 members (excludes halogenated alkanes) is 15. The largest absolute Gasteiger partial charge is 0.472 e. The van der Waals surface area contributed by atoms with E-state index in [4.69, 9.17) is 18.5 Å². The van der Waals surface area contributed by atoms with Gasteiger partial charge < -0.3 is 24.6 Å². The number of methoxy groups -OCH3 is 1. The Labute approximate surface area is 244 Å². The fraction of sp³-hybridized carbons (Fsp3) is 1.00. The molecule has 0 aliphatic heterocycles. The van der Waals surface area contributed by atoms with Gasteiger partial charge in [-0.05, 0) is 15.5 Å². The van der Waals surface area contributed by atoms with Crippen LogP contribution in [0.1, 0.15) is 116 Å². The van der Waals surface area contributed by atoms with Crippen LogP contribution in [-0.2, 0) is 33.0 Å². The van der Waals surface area contributed by atoms with Crippen molar-refractivity contribution in [2.24, 2.45) is 0 Å². The molecule has 0 heterocycles. The van der Waals surface area contributed by atoms with Crippen molar-refractivity contribution in [3.63, 3.8) is 0 Å². The van der Waals surface area contributed by atoms with Crippen molar-refractivity contribution in [3.8, 4) is 0 Å². The fourth-order valence-electron chi connectivity index (χ4n) is 4.98. The number of hydrogen-bond acceptors (Lipinski definition) is 9. The first-order chi connectivity index (χ1) is 19.8. The topological polar surface area (TPSA) is 133 Å². The molecule has 3 N–H and O–H groups in total.